The van der Waals surface area contributed by atoms with E-state index in [2.05, 4.69) is 9.88 Å². The molecule has 0 bridgehead atoms. The average Bonchev–Trinajstić information content (AvgIpc) is 2.92. The van der Waals surface area contributed by atoms with E-state index in [0.29, 0.717) is 72.8 Å². The maximum absolute atomic E-state index is 13.9. The molecule has 0 unspecified atom stereocenters. The second-order valence-electron chi connectivity index (χ2n) is 9.84. The van der Waals surface area contributed by atoms with Crippen LogP contribution in [0.25, 0.3) is 10.9 Å². The molecule has 0 radical (unpaired) electrons. The van der Waals surface area contributed by atoms with Crippen molar-refractivity contribution in [2.75, 3.05) is 39.1 Å². The lowest BCUT2D eigenvalue weighted by Crippen LogP contribution is -2.43. The molecule has 2 aromatic carbocycles. The molecule has 6 nitrogen and oxygen atoms in total. The van der Waals surface area contributed by atoms with Crippen LogP contribution >= 0.6 is 11.8 Å². The molecule has 1 aromatic heterocycles. The van der Waals surface area contributed by atoms with Gasteiger partial charge in [-0.05, 0) is 68.0 Å². The van der Waals surface area contributed by atoms with Crippen LogP contribution in [0.2, 0.25) is 0 Å². The van der Waals surface area contributed by atoms with Gasteiger partial charge in [0.25, 0.3) is 0 Å². The van der Waals surface area contributed by atoms with Crippen LogP contribution < -0.4 is 4.74 Å². The Balaban J connectivity index is 1.35. The summed E-state index contributed by atoms with van der Waals surface area (Å²) in [6, 6.07) is 6.79. The zero-order valence-corrected chi connectivity index (χ0v) is 22.1. The zero-order chi connectivity index (χ0) is 27.3. The predicted molar refractivity (Wildman–Crippen MR) is 141 cm³/mol. The number of pyridine rings is 1. The highest BCUT2D eigenvalue weighted by Crippen LogP contribution is 2.40. The highest BCUT2D eigenvalue weighted by atomic mass is 32.2. The van der Waals surface area contributed by atoms with E-state index in [0.717, 1.165) is 30.0 Å². The Morgan fingerprint density at radius 3 is 2.45 bits per heavy atom. The van der Waals surface area contributed by atoms with Crippen molar-refractivity contribution in [2.45, 2.75) is 43.3 Å². The summed E-state index contributed by atoms with van der Waals surface area (Å²) in [5.41, 5.74) is 1.53. The number of nitrogens with zero attached hydrogens (tertiary/aromatic N) is 2. The lowest BCUT2D eigenvalue weighted by molar-refractivity contribution is 0.0252. The van der Waals surface area contributed by atoms with E-state index < -0.39 is 23.6 Å². The molecule has 0 aliphatic carbocycles. The van der Waals surface area contributed by atoms with E-state index in [1.807, 2.05) is 12.1 Å². The van der Waals surface area contributed by atoms with Gasteiger partial charge in [0.2, 0.25) is 0 Å². The lowest BCUT2D eigenvalue weighted by Gasteiger charge is -2.41. The summed E-state index contributed by atoms with van der Waals surface area (Å²) in [5, 5.41) is 32.1. The zero-order valence-electron chi connectivity index (χ0n) is 21.3. The van der Waals surface area contributed by atoms with Gasteiger partial charge in [0.1, 0.15) is 23.2 Å². The summed E-state index contributed by atoms with van der Waals surface area (Å²) in [6.45, 7) is 1.77. The van der Waals surface area contributed by atoms with Crippen molar-refractivity contribution in [3.8, 4) is 5.75 Å². The summed E-state index contributed by atoms with van der Waals surface area (Å²) >= 11 is 1.03. The summed E-state index contributed by atoms with van der Waals surface area (Å²) in [7, 11) is 1.57. The Morgan fingerprint density at radius 1 is 1.11 bits per heavy atom. The summed E-state index contributed by atoms with van der Waals surface area (Å²) < 4.78 is 46.2. The number of thioether (sulfide) groups is 1. The van der Waals surface area contributed by atoms with Crippen molar-refractivity contribution >= 4 is 22.7 Å². The van der Waals surface area contributed by atoms with Gasteiger partial charge in [-0.2, -0.15) is 0 Å². The van der Waals surface area contributed by atoms with E-state index in [4.69, 9.17) is 4.74 Å². The number of benzene rings is 2. The van der Waals surface area contributed by atoms with Gasteiger partial charge in [-0.15, -0.1) is 11.8 Å². The van der Waals surface area contributed by atoms with Gasteiger partial charge in [0, 0.05) is 48.2 Å². The van der Waals surface area contributed by atoms with Crippen LogP contribution in [0.3, 0.4) is 0 Å². The Labute approximate surface area is 224 Å². The minimum Gasteiger partial charge on any atom is -0.497 e. The van der Waals surface area contributed by atoms with Crippen LogP contribution in [0.1, 0.15) is 42.9 Å². The Morgan fingerprint density at radius 2 is 1.82 bits per heavy atom. The maximum atomic E-state index is 13.9. The number of halogens is 3. The van der Waals surface area contributed by atoms with Crippen molar-refractivity contribution in [3.05, 3.63) is 65.1 Å². The number of aromatic nitrogens is 1. The molecule has 1 aliphatic heterocycles. The molecule has 2 heterocycles. The molecule has 10 heteroatoms. The van der Waals surface area contributed by atoms with E-state index >= 15 is 0 Å². The fourth-order valence-corrected chi connectivity index (χ4v) is 6.10. The number of aliphatic hydroxyl groups excluding tert-OH is 3. The number of aliphatic hydroxyl groups is 3. The van der Waals surface area contributed by atoms with E-state index in [-0.39, 0.29) is 23.5 Å². The fraction of sp³-hybridized carbons (Fsp3) is 0.464. The third-order valence-corrected chi connectivity index (χ3v) is 8.59. The van der Waals surface area contributed by atoms with Crippen LogP contribution in [0, 0.1) is 22.9 Å². The molecule has 0 amide bonds. The first-order valence-electron chi connectivity index (χ1n) is 12.6. The second-order valence-corrected chi connectivity index (χ2v) is 10.9. The van der Waals surface area contributed by atoms with Gasteiger partial charge in [-0.3, -0.25) is 4.98 Å². The van der Waals surface area contributed by atoms with Crippen molar-refractivity contribution in [3.63, 3.8) is 0 Å². The Kier molecular flexibility index (Phi) is 9.54. The van der Waals surface area contributed by atoms with E-state index in [1.165, 1.54) is 0 Å². The highest BCUT2D eigenvalue weighted by molar-refractivity contribution is 7.99. The van der Waals surface area contributed by atoms with Gasteiger partial charge < -0.3 is 25.0 Å². The first-order chi connectivity index (χ1) is 18.3. The topological polar surface area (TPSA) is 86.0 Å². The molecule has 1 aliphatic rings. The van der Waals surface area contributed by atoms with Crippen LogP contribution in [-0.2, 0) is 6.61 Å². The number of hydrogen-bond acceptors (Lipinski definition) is 7. The first kappa shape index (κ1) is 28.6. The van der Waals surface area contributed by atoms with Crippen LogP contribution in [-0.4, -0.2) is 64.3 Å². The minimum atomic E-state index is -0.935. The van der Waals surface area contributed by atoms with Gasteiger partial charge in [-0.25, -0.2) is 13.2 Å². The van der Waals surface area contributed by atoms with Crippen molar-refractivity contribution < 1.29 is 33.2 Å². The molecule has 1 atom stereocenters. The number of hydrogen-bond donors (Lipinski definition) is 3. The third kappa shape index (κ3) is 6.43. The summed E-state index contributed by atoms with van der Waals surface area (Å²) in [5.74, 6) is -1.64. The molecule has 4 rings (SSSR count). The Hall–Kier alpha value is -2.37. The molecule has 0 saturated carbocycles. The molecule has 1 fully saturated rings. The maximum Gasteiger partial charge on any atom is 0.142 e. The van der Waals surface area contributed by atoms with Crippen molar-refractivity contribution in [1.29, 1.82) is 0 Å². The number of rotatable bonds is 11. The Bertz CT molecular complexity index is 1230. The van der Waals surface area contributed by atoms with Crippen LogP contribution in [0.15, 0.2) is 41.4 Å². The van der Waals surface area contributed by atoms with Crippen LogP contribution in [0.4, 0.5) is 13.2 Å². The average molecular weight is 551 g/mol. The normalized spacial score (nSPS) is 16.6. The predicted octanol–water partition coefficient (Wildman–Crippen LogP) is 4.83. The highest BCUT2D eigenvalue weighted by Gasteiger charge is 2.34. The largest absolute Gasteiger partial charge is 0.497 e. The van der Waals surface area contributed by atoms with Crippen molar-refractivity contribution in [1.82, 2.24) is 9.88 Å². The van der Waals surface area contributed by atoms with Gasteiger partial charge >= 0.3 is 0 Å². The van der Waals surface area contributed by atoms with Gasteiger partial charge in [0.15, 0.2) is 0 Å². The lowest BCUT2D eigenvalue weighted by atomic mass is 9.74. The monoisotopic (exact) mass is 550 g/mol. The summed E-state index contributed by atoms with van der Waals surface area (Å²) in [4.78, 5) is 6.39. The van der Waals surface area contributed by atoms with Crippen molar-refractivity contribution in [2.24, 2.45) is 5.41 Å². The van der Waals surface area contributed by atoms with Crippen LogP contribution in [0.5, 0.6) is 5.75 Å². The molecule has 3 N–H and O–H groups in total. The molecular formula is C28H33F3N2O4S. The molecule has 3 aromatic rings. The quantitative estimate of drug-likeness (QED) is 0.295. The minimum absolute atomic E-state index is 0.00785. The first-order valence-corrected chi connectivity index (χ1v) is 13.6. The van der Waals surface area contributed by atoms with E-state index in [1.54, 1.807) is 19.4 Å². The van der Waals surface area contributed by atoms with E-state index in [9.17, 15) is 28.5 Å². The van der Waals surface area contributed by atoms with Gasteiger partial charge in [-0.1, -0.05) is 0 Å². The molecular weight excluding hydrogens is 517 g/mol. The number of methoxy groups -OCH3 is 1. The third-order valence-electron chi connectivity index (χ3n) is 7.52. The SMILES string of the molecule is COc1ccc2ncc(CO)c([C@@H](O)CCC3(CO)CCN(CCSc4c(F)cc(F)cc4F)CC3)c2c1. The molecule has 206 valence electrons. The number of likely N-dealkylation sites (tertiary alicyclic amines) is 1. The summed E-state index contributed by atoms with van der Waals surface area (Å²) in [6.07, 6.45) is 3.17. The number of piperidine rings is 1. The smallest absolute Gasteiger partial charge is 0.142 e. The molecule has 38 heavy (non-hydrogen) atoms. The molecule has 0 spiro atoms. The second kappa shape index (κ2) is 12.7. The molecule has 1 saturated heterocycles. The fourth-order valence-electron chi connectivity index (χ4n) is 5.15. The van der Waals surface area contributed by atoms with Gasteiger partial charge in [0.05, 0.1) is 30.2 Å². The number of ether oxygens (including phenoxy) is 1. The number of fused-ring (bicyclic) bond motifs is 1. The standard InChI is InChI=1S/C28H33F3N2O4S/c1-37-20-2-3-24-21(14-20)26(18(16-34)15-32-24)25(36)4-5-28(17-35)6-8-33(9-7-28)10-11-38-27-22(30)12-19(29)13-23(27)31/h2-3,12-15,25,34-36H,4-11,16-17H2,1H3/t25-/m0/s1.